The monoisotopic (exact) mass is 252 g/mol. The Morgan fingerprint density at radius 3 is 1.69 bits per heavy atom. The van der Waals surface area contributed by atoms with E-state index in [1.807, 2.05) is 0 Å². The predicted molar refractivity (Wildman–Crippen MR) is 41.5 cm³/mol. The summed E-state index contributed by atoms with van der Waals surface area (Å²) >= 11 is 0. The first-order valence-electron chi connectivity index (χ1n) is 2.56. The van der Waals surface area contributed by atoms with Gasteiger partial charge in [0.15, 0.2) is 5.08 Å². The predicted octanol–water partition coefficient (Wildman–Crippen LogP) is -2.63. The van der Waals surface area contributed by atoms with Crippen LogP contribution in [0.5, 0.6) is 0 Å². The second-order valence-electron chi connectivity index (χ2n) is 2.15. The summed E-state index contributed by atoms with van der Waals surface area (Å²) in [6.07, 6.45) is 0.516. The van der Waals surface area contributed by atoms with Crippen LogP contribution in [0.4, 0.5) is 0 Å². The van der Waals surface area contributed by atoms with Crippen molar-refractivity contribution in [3.05, 3.63) is 0 Å². The highest BCUT2D eigenvalue weighted by Gasteiger charge is 2.19. The standard InChI is InChI=1S/C2H7NO7S3/c1-11(4,5)3-12(6,7)2-13(8,9)10/h3H,2H2,1H3,(H,8,9,10)/p-1. The van der Waals surface area contributed by atoms with Crippen molar-refractivity contribution in [3.8, 4) is 0 Å². The minimum atomic E-state index is -5.02. The normalized spacial score (nSPS) is 14.3. The molecular weight excluding hydrogens is 246 g/mol. The maximum absolute atomic E-state index is 10.6. The molecule has 0 saturated carbocycles. The second-order valence-corrected chi connectivity index (χ2v) is 7.64. The summed E-state index contributed by atoms with van der Waals surface area (Å²) in [5, 5.41) is -1.80. The molecule has 0 amide bonds. The van der Waals surface area contributed by atoms with E-state index in [0.717, 1.165) is 4.13 Å². The molecule has 0 radical (unpaired) electrons. The van der Waals surface area contributed by atoms with E-state index in [0.29, 0.717) is 6.26 Å². The summed E-state index contributed by atoms with van der Waals surface area (Å²) in [6.45, 7) is 0. The highest BCUT2D eigenvalue weighted by atomic mass is 32.3. The van der Waals surface area contributed by atoms with Crippen LogP contribution >= 0.6 is 0 Å². The average Bonchev–Trinajstić information content (AvgIpc) is 1.43. The van der Waals surface area contributed by atoms with Gasteiger partial charge in [0.1, 0.15) is 10.1 Å². The Morgan fingerprint density at radius 2 is 1.46 bits per heavy atom. The van der Waals surface area contributed by atoms with Gasteiger partial charge in [-0.05, 0) is 0 Å². The zero-order chi connectivity index (χ0) is 10.9. The van der Waals surface area contributed by atoms with Gasteiger partial charge in [-0.3, -0.25) is 0 Å². The van der Waals surface area contributed by atoms with Crippen molar-refractivity contribution in [2.75, 3.05) is 11.3 Å². The van der Waals surface area contributed by atoms with E-state index in [1.54, 1.807) is 0 Å². The largest absolute Gasteiger partial charge is 0.747 e. The molecule has 13 heavy (non-hydrogen) atoms. The number of hydrogen-bond acceptors (Lipinski definition) is 7. The third-order valence-electron chi connectivity index (χ3n) is 0.578. The number of sulfonamides is 2. The van der Waals surface area contributed by atoms with Crippen molar-refractivity contribution < 1.29 is 29.8 Å². The molecule has 0 heterocycles. The quantitative estimate of drug-likeness (QED) is 0.540. The molecule has 0 aromatic heterocycles. The van der Waals surface area contributed by atoms with Crippen LogP contribution < -0.4 is 4.13 Å². The van der Waals surface area contributed by atoms with Crippen LogP contribution in [0.15, 0.2) is 0 Å². The van der Waals surface area contributed by atoms with E-state index < -0.39 is 35.2 Å². The lowest BCUT2D eigenvalue weighted by Crippen LogP contribution is -2.34. The van der Waals surface area contributed by atoms with Gasteiger partial charge in [-0.25, -0.2) is 25.3 Å². The van der Waals surface area contributed by atoms with Crippen molar-refractivity contribution in [2.45, 2.75) is 0 Å². The van der Waals surface area contributed by atoms with Gasteiger partial charge < -0.3 is 4.55 Å². The topological polar surface area (TPSA) is 138 Å². The Kier molecular flexibility index (Phi) is 3.43. The molecule has 0 aliphatic rings. The van der Waals surface area contributed by atoms with Crippen molar-refractivity contribution in [1.29, 1.82) is 0 Å². The zero-order valence-corrected chi connectivity index (χ0v) is 8.74. The number of hydrogen-bond donors (Lipinski definition) is 1. The van der Waals surface area contributed by atoms with Crippen LogP contribution in [-0.2, 0) is 30.2 Å². The van der Waals surface area contributed by atoms with Crippen LogP contribution in [-0.4, -0.2) is 41.1 Å². The molecule has 11 heteroatoms. The Bertz CT molecular complexity index is 426. The zero-order valence-electron chi connectivity index (χ0n) is 6.29. The molecule has 0 aromatic carbocycles. The maximum Gasteiger partial charge on any atom is 0.237 e. The smallest absolute Gasteiger partial charge is 0.237 e. The highest BCUT2D eigenvalue weighted by Crippen LogP contribution is 1.93. The number of nitrogens with one attached hydrogen (secondary N) is 1. The van der Waals surface area contributed by atoms with Crippen LogP contribution in [0.3, 0.4) is 0 Å². The van der Waals surface area contributed by atoms with Gasteiger partial charge >= 0.3 is 0 Å². The molecule has 0 saturated heterocycles. The lowest BCUT2D eigenvalue weighted by atomic mass is 11.9. The summed E-state index contributed by atoms with van der Waals surface area (Å²) in [7, 11) is -13.7. The van der Waals surface area contributed by atoms with Crippen LogP contribution in [0.2, 0.25) is 0 Å². The highest BCUT2D eigenvalue weighted by molar-refractivity contribution is 8.10. The fraction of sp³-hybridized carbons (Fsp3) is 1.00. The summed E-state index contributed by atoms with van der Waals surface area (Å²) in [6, 6.07) is 0. The van der Waals surface area contributed by atoms with Gasteiger partial charge in [-0.1, -0.05) is 0 Å². The third kappa shape index (κ3) is 8.11. The third-order valence-corrected chi connectivity index (χ3v) is 5.20. The molecule has 0 aliphatic carbocycles. The van der Waals surface area contributed by atoms with Gasteiger partial charge in [0.2, 0.25) is 20.0 Å². The minimum Gasteiger partial charge on any atom is -0.747 e. The first-order chi connectivity index (χ1) is 5.41. The van der Waals surface area contributed by atoms with Crippen LogP contribution in [0.25, 0.3) is 0 Å². The molecule has 1 N–H and O–H groups in total. The van der Waals surface area contributed by atoms with E-state index >= 15 is 0 Å². The van der Waals surface area contributed by atoms with Crippen LogP contribution in [0, 0.1) is 0 Å². The summed E-state index contributed by atoms with van der Waals surface area (Å²) in [4.78, 5) is 0. The van der Waals surface area contributed by atoms with Crippen molar-refractivity contribution >= 4 is 30.2 Å². The lowest BCUT2D eigenvalue weighted by Gasteiger charge is -2.07. The lowest BCUT2D eigenvalue weighted by molar-refractivity contribution is 0.467. The minimum absolute atomic E-state index is 0.516. The van der Waals surface area contributed by atoms with Gasteiger partial charge in [0.25, 0.3) is 0 Å². The Labute approximate surface area is 75.8 Å². The van der Waals surface area contributed by atoms with E-state index in [9.17, 15) is 29.8 Å². The van der Waals surface area contributed by atoms with Gasteiger partial charge in [-0.15, -0.1) is 4.13 Å². The molecular formula is C2H6NO7S3-. The Morgan fingerprint density at radius 1 is 1.08 bits per heavy atom. The van der Waals surface area contributed by atoms with E-state index in [2.05, 4.69) is 0 Å². The van der Waals surface area contributed by atoms with E-state index in [4.69, 9.17) is 0 Å². The fourth-order valence-corrected chi connectivity index (χ4v) is 4.44. The molecule has 0 aliphatic heterocycles. The molecule has 0 atom stereocenters. The molecule has 8 nitrogen and oxygen atoms in total. The SMILES string of the molecule is CS(=O)(=O)NS(=O)(=O)CS(=O)(=O)[O-]. The first kappa shape index (κ1) is 12.8. The van der Waals surface area contributed by atoms with Crippen LogP contribution in [0.1, 0.15) is 0 Å². The van der Waals surface area contributed by atoms with Crippen molar-refractivity contribution in [2.24, 2.45) is 0 Å². The Hall–Kier alpha value is -0.230. The van der Waals surface area contributed by atoms with Gasteiger partial charge in [-0.2, -0.15) is 0 Å². The molecule has 0 fully saturated rings. The molecule has 0 aromatic rings. The second kappa shape index (κ2) is 3.49. The van der Waals surface area contributed by atoms with Gasteiger partial charge in [0.05, 0.1) is 6.26 Å². The van der Waals surface area contributed by atoms with Crippen molar-refractivity contribution in [1.82, 2.24) is 4.13 Å². The Balaban J connectivity index is 4.86. The molecule has 0 unspecified atom stereocenters. The summed E-state index contributed by atoms with van der Waals surface area (Å²) < 4.78 is 72.8. The first-order valence-corrected chi connectivity index (χ1v) is 7.68. The number of rotatable bonds is 4. The average molecular weight is 252 g/mol. The fourth-order valence-electron chi connectivity index (χ4n) is 0.445. The summed E-state index contributed by atoms with van der Waals surface area (Å²) in [5.74, 6) is 0. The van der Waals surface area contributed by atoms with E-state index in [-0.39, 0.29) is 0 Å². The molecule has 0 bridgehead atoms. The summed E-state index contributed by atoms with van der Waals surface area (Å²) in [5.41, 5.74) is 0. The molecule has 0 rings (SSSR count). The van der Waals surface area contributed by atoms with Crippen molar-refractivity contribution in [3.63, 3.8) is 0 Å². The maximum atomic E-state index is 10.6. The molecule has 80 valence electrons. The van der Waals surface area contributed by atoms with Gasteiger partial charge in [0, 0.05) is 0 Å². The molecule has 0 spiro atoms. The van der Waals surface area contributed by atoms with E-state index in [1.165, 1.54) is 0 Å².